The van der Waals surface area contributed by atoms with E-state index in [2.05, 4.69) is 29.3 Å². The van der Waals surface area contributed by atoms with Gasteiger partial charge in [-0.3, -0.25) is 0 Å². The van der Waals surface area contributed by atoms with Gasteiger partial charge in [-0.1, -0.05) is 19.0 Å². The molecule has 1 aliphatic heterocycles. The smallest absolute Gasteiger partial charge is 0.229 e. The zero-order valence-corrected chi connectivity index (χ0v) is 12.7. The molecule has 0 radical (unpaired) electrons. The highest BCUT2D eigenvalue weighted by atomic mass is 16.5. The zero-order valence-electron chi connectivity index (χ0n) is 12.7. The van der Waals surface area contributed by atoms with Crippen LogP contribution in [0.3, 0.4) is 0 Å². The van der Waals surface area contributed by atoms with Gasteiger partial charge in [0.05, 0.1) is 0 Å². The minimum absolute atomic E-state index is 0.328. The highest BCUT2D eigenvalue weighted by molar-refractivity contribution is 5.06. The minimum Gasteiger partial charge on any atom is -0.370 e. The Morgan fingerprint density at radius 3 is 2.60 bits per heavy atom. The Balaban J connectivity index is 1.77. The molecule has 0 aromatic carbocycles. The number of rotatable bonds is 4. The molecule has 112 valence electrons. The van der Waals surface area contributed by atoms with E-state index in [9.17, 15) is 0 Å². The fourth-order valence-corrected chi connectivity index (χ4v) is 3.22. The van der Waals surface area contributed by atoms with Gasteiger partial charge in [-0.2, -0.15) is 4.98 Å². The van der Waals surface area contributed by atoms with Crippen LogP contribution in [0.25, 0.3) is 0 Å². The van der Waals surface area contributed by atoms with Gasteiger partial charge in [0, 0.05) is 13.0 Å². The number of hydrogen-bond donors (Lipinski definition) is 1. The Bertz CT molecular complexity index is 448. The van der Waals surface area contributed by atoms with Crippen LogP contribution < -0.4 is 5.32 Å². The summed E-state index contributed by atoms with van der Waals surface area (Å²) >= 11 is 0. The molecule has 1 unspecified atom stereocenters. The van der Waals surface area contributed by atoms with E-state index in [4.69, 9.17) is 9.26 Å². The van der Waals surface area contributed by atoms with E-state index >= 15 is 0 Å². The second-order valence-corrected chi connectivity index (χ2v) is 6.54. The van der Waals surface area contributed by atoms with Crippen molar-refractivity contribution in [2.24, 2.45) is 11.8 Å². The molecule has 2 fully saturated rings. The molecule has 1 saturated carbocycles. The topological polar surface area (TPSA) is 60.2 Å². The van der Waals surface area contributed by atoms with Crippen LogP contribution in [0, 0.1) is 11.8 Å². The van der Waals surface area contributed by atoms with Gasteiger partial charge in [0.25, 0.3) is 0 Å². The molecule has 5 nitrogen and oxygen atoms in total. The first-order valence-electron chi connectivity index (χ1n) is 7.74. The minimum atomic E-state index is -0.328. The van der Waals surface area contributed by atoms with E-state index in [1.54, 1.807) is 7.11 Å². The van der Waals surface area contributed by atoms with Gasteiger partial charge < -0.3 is 14.6 Å². The van der Waals surface area contributed by atoms with Crippen molar-refractivity contribution in [3.05, 3.63) is 11.7 Å². The van der Waals surface area contributed by atoms with Crippen LogP contribution in [0.2, 0.25) is 0 Å². The summed E-state index contributed by atoms with van der Waals surface area (Å²) < 4.78 is 11.3. The van der Waals surface area contributed by atoms with Crippen LogP contribution in [0.15, 0.2) is 4.52 Å². The maximum Gasteiger partial charge on any atom is 0.229 e. The highest BCUT2D eigenvalue weighted by Crippen LogP contribution is 2.41. The average molecular weight is 279 g/mol. The third-order valence-corrected chi connectivity index (χ3v) is 5.23. The monoisotopic (exact) mass is 279 g/mol. The lowest BCUT2D eigenvalue weighted by Gasteiger charge is -2.35. The summed E-state index contributed by atoms with van der Waals surface area (Å²) in [7, 11) is 1.77. The first-order chi connectivity index (χ1) is 9.64. The Labute approximate surface area is 120 Å². The molecule has 1 aromatic rings. The van der Waals surface area contributed by atoms with Crippen molar-refractivity contribution in [1.82, 2.24) is 15.5 Å². The third kappa shape index (κ3) is 2.37. The van der Waals surface area contributed by atoms with Crippen LogP contribution in [0.4, 0.5) is 0 Å². The normalized spacial score (nSPS) is 32.9. The van der Waals surface area contributed by atoms with Gasteiger partial charge in [0.2, 0.25) is 11.7 Å². The average Bonchev–Trinajstić information content (AvgIpc) is 2.88. The maximum absolute atomic E-state index is 5.81. The van der Waals surface area contributed by atoms with Gasteiger partial charge in [-0.05, 0) is 50.6 Å². The summed E-state index contributed by atoms with van der Waals surface area (Å²) in [6.45, 7) is 6.57. The van der Waals surface area contributed by atoms with Gasteiger partial charge >= 0.3 is 0 Å². The highest BCUT2D eigenvalue weighted by Gasteiger charge is 2.41. The van der Waals surface area contributed by atoms with Gasteiger partial charge in [-0.15, -0.1) is 0 Å². The lowest BCUT2D eigenvalue weighted by atomic mass is 9.79. The molecule has 2 heterocycles. The van der Waals surface area contributed by atoms with Crippen LogP contribution in [0.5, 0.6) is 0 Å². The van der Waals surface area contributed by atoms with E-state index in [0.717, 1.165) is 43.6 Å². The first-order valence-corrected chi connectivity index (χ1v) is 7.74. The number of aromatic nitrogens is 2. The fraction of sp³-hybridized carbons (Fsp3) is 0.867. The zero-order chi connectivity index (χ0) is 14.2. The molecule has 5 heteroatoms. The van der Waals surface area contributed by atoms with Crippen molar-refractivity contribution in [1.29, 1.82) is 0 Å². The quantitative estimate of drug-likeness (QED) is 0.917. The number of ether oxygens (including phenoxy) is 1. The molecular weight excluding hydrogens is 254 g/mol. The van der Waals surface area contributed by atoms with E-state index in [0.29, 0.717) is 11.8 Å². The van der Waals surface area contributed by atoms with Crippen LogP contribution in [0.1, 0.15) is 57.2 Å². The third-order valence-electron chi connectivity index (χ3n) is 5.23. The molecule has 0 spiro atoms. The van der Waals surface area contributed by atoms with Gasteiger partial charge in [0.15, 0.2) is 0 Å². The Morgan fingerprint density at radius 1 is 1.35 bits per heavy atom. The summed E-state index contributed by atoms with van der Waals surface area (Å²) in [5.74, 6) is 3.23. The van der Waals surface area contributed by atoms with Crippen molar-refractivity contribution in [3.8, 4) is 0 Å². The van der Waals surface area contributed by atoms with Crippen molar-refractivity contribution in [2.45, 2.75) is 51.0 Å². The van der Waals surface area contributed by atoms with Gasteiger partial charge in [-0.25, -0.2) is 0 Å². The van der Waals surface area contributed by atoms with Crippen molar-refractivity contribution < 1.29 is 9.26 Å². The molecule has 1 aliphatic carbocycles. The molecule has 2 aliphatic rings. The summed E-state index contributed by atoms with van der Waals surface area (Å²) in [6.07, 6.45) is 4.31. The maximum atomic E-state index is 5.81. The van der Waals surface area contributed by atoms with Crippen LogP contribution >= 0.6 is 0 Å². The summed E-state index contributed by atoms with van der Waals surface area (Å²) in [6, 6.07) is 0. The Hall–Kier alpha value is -0.940. The van der Waals surface area contributed by atoms with Crippen molar-refractivity contribution in [2.75, 3.05) is 20.2 Å². The van der Waals surface area contributed by atoms with E-state index < -0.39 is 0 Å². The number of nitrogens with one attached hydrogen (secondary N) is 1. The number of hydrogen-bond acceptors (Lipinski definition) is 5. The fourth-order valence-electron chi connectivity index (χ4n) is 3.22. The molecule has 0 bridgehead atoms. The van der Waals surface area contributed by atoms with E-state index in [1.165, 1.54) is 12.8 Å². The first kappa shape index (κ1) is 14.0. The molecular formula is C15H25N3O2. The van der Waals surface area contributed by atoms with Crippen LogP contribution in [-0.2, 0) is 10.3 Å². The molecule has 1 atom stereocenters. The Morgan fingerprint density at radius 2 is 2.05 bits per heavy atom. The largest absolute Gasteiger partial charge is 0.370 e. The summed E-state index contributed by atoms with van der Waals surface area (Å²) in [5.41, 5.74) is -0.328. The molecule has 0 amide bonds. The SMILES string of the molecule is COC1(c2noc(C(C)C3CNC3)n2)CCC(C)CC1. The molecule has 1 N–H and O–H groups in total. The van der Waals surface area contributed by atoms with Crippen LogP contribution in [-0.4, -0.2) is 30.3 Å². The second-order valence-electron chi connectivity index (χ2n) is 6.54. The van der Waals surface area contributed by atoms with Gasteiger partial charge in [0.1, 0.15) is 5.60 Å². The predicted molar refractivity (Wildman–Crippen MR) is 75.4 cm³/mol. The number of nitrogens with zero attached hydrogens (tertiary/aromatic N) is 2. The second kappa shape index (κ2) is 5.45. The summed E-state index contributed by atoms with van der Waals surface area (Å²) in [4.78, 5) is 4.67. The van der Waals surface area contributed by atoms with Crippen molar-refractivity contribution >= 4 is 0 Å². The standard InChI is InChI=1S/C15H25N3O2/c1-10-4-6-15(19-3,7-5-10)14-17-13(20-18-14)11(2)12-8-16-9-12/h10-12,16H,4-9H2,1-3H3. The Kier molecular flexibility index (Phi) is 3.82. The van der Waals surface area contributed by atoms with Crippen molar-refractivity contribution in [3.63, 3.8) is 0 Å². The molecule has 3 rings (SSSR count). The number of methoxy groups -OCH3 is 1. The lowest BCUT2D eigenvalue weighted by molar-refractivity contribution is -0.0609. The lowest BCUT2D eigenvalue weighted by Crippen LogP contribution is -2.44. The summed E-state index contributed by atoms with van der Waals surface area (Å²) in [5, 5.41) is 7.53. The predicted octanol–water partition coefficient (Wildman–Crippen LogP) is 2.44. The molecule has 1 saturated heterocycles. The molecule has 20 heavy (non-hydrogen) atoms. The molecule has 1 aromatic heterocycles. The van der Waals surface area contributed by atoms with E-state index in [1.807, 2.05) is 0 Å². The van der Waals surface area contributed by atoms with E-state index in [-0.39, 0.29) is 5.60 Å².